The molecule has 6 aromatic rings. The zero-order valence-corrected chi connectivity index (χ0v) is 30.1. The second kappa shape index (κ2) is 17.1. The van der Waals surface area contributed by atoms with Gasteiger partial charge in [-0.25, -0.2) is 0 Å². The molecule has 0 atom stereocenters. The number of allylic oxidation sites excluding steroid dienone is 9. The predicted molar refractivity (Wildman–Crippen MR) is 227 cm³/mol. The fraction of sp³-hybridized carbons (Fsp3) is 0.0612. The highest BCUT2D eigenvalue weighted by atomic mass is 32.1. The minimum absolute atomic E-state index is 0.868. The molecule has 1 aromatic heterocycles. The topological polar surface area (TPSA) is 26.0 Å². The Morgan fingerprint density at radius 3 is 1.92 bits per heavy atom. The predicted octanol–water partition coefficient (Wildman–Crippen LogP) is 13.7. The van der Waals surface area contributed by atoms with Gasteiger partial charge in [0.15, 0.2) is 0 Å². The summed E-state index contributed by atoms with van der Waals surface area (Å²) in [6.07, 6.45) is 25.0. The van der Waals surface area contributed by atoms with E-state index in [4.69, 9.17) is 5.73 Å². The van der Waals surface area contributed by atoms with Crippen molar-refractivity contribution in [3.63, 3.8) is 0 Å². The van der Waals surface area contributed by atoms with E-state index >= 15 is 0 Å². The lowest BCUT2D eigenvalue weighted by Gasteiger charge is -2.19. The molecule has 0 unspecified atom stereocenters. The van der Waals surface area contributed by atoms with Crippen LogP contribution in [0.2, 0.25) is 0 Å². The van der Waals surface area contributed by atoms with Gasteiger partial charge in [-0.2, -0.15) is 0 Å². The Hall–Kier alpha value is -5.96. The minimum atomic E-state index is 0.868. The Morgan fingerprint density at radius 1 is 0.608 bits per heavy atom. The van der Waals surface area contributed by atoms with Gasteiger partial charge in [-0.15, -0.1) is 11.3 Å². The molecule has 0 saturated carbocycles. The first-order valence-electron chi connectivity index (χ1n) is 17.3. The zero-order valence-electron chi connectivity index (χ0n) is 29.3. The van der Waals surface area contributed by atoms with E-state index in [0.717, 1.165) is 17.5 Å². The number of hydrogen-bond donors (Lipinski definition) is 1. The summed E-state index contributed by atoms with van der Waals surface area (Å²) in [5, 5.41) is 1.32. The molecule has 51 heavy (non-hydrogen) atoms. The number of benzene rings is 5. The van der Waals surface area contributed by atoms with E-state index in [0.29, 0.717) is 0 Å². The molecule has 0 radical (unpaired) electrons. The number of thiophene rings is 1. The number of fused-ring (bicyclic) bond motifs is 1. The van der Waals surface area contributed by atoms with Gasteiger partial charge >= 0.3 is 0 Å². The third-order valence-electron chi connectivity index (χ3n) is 8.91. The monoisotopic (exact) mass is 677 g/mol. The van der Waals surface area contributed by atoms with Gasteiger partial charge in [0.25, 0.3) is 0 Å². The number of nitrogens with two attached hydrogens (primary N) is 1. The van der Waals surface area contributed by atoms with Gasteiger partial charge in [0.1, 0.15) is 0 Å². The van der Waals surface area contributed by atoms with E-state index in [1.54, 1.807) is 6.20 Å². The summed E-state index contributed by atoms with van der Waals surface area (Å²) in [4.78, 5) is 1.32. The third-order valence-corrected chi connectivity index (χ3v) is 10.2. The van der Waals surface area contributed by atoms with Gasteiger partial charge in [-0.1, -0.05) is 182 Å². The van der Waals surface area contributed by atoms with Crippen molar-refractivity contribution < 1.29 is 0 Å². The van der Waals surface area contributed by atoms with Crippen LogP contribution >= 0.6 is 11.3 Å². The number of rotatable bonds is 12. The molecule has 1 heterocycles. The van der Waals surface area contributed by atoms with E-state index in [2.05, 4.69) is 178 Å². The Morgan fingerprint density at radius 2 is 1.20 bits per heavy atom. The Balaban J connectivity index is 1.48. The molecule has 0 aliphatic heterocycles. The average molecular weight is 678 g/mol. The molecule has 2 N–H and O–H groups in total. The third kappa shape index (κ3) is 8.27. The molecule has 0 amide bonds. The highest BCUT2D eigenvalue weighted by Gasteiger charge is 2.21. The summed E-state index contributed by atoms with van der Waals surface area (Å²) < 4.78 is 1.31. The molecule has 0 aliphatic carbocycles. The number of aryl methyl sites for hydroxylation is 1. The average Bonchev–Trinajstić information content (AvgIpc) is 3.52. The van der Waals surface area contributed by atoms with Crippen molar-refractivity contribution in [2.75, 3.05) is 0 Å². The highest BCUT2D eigenvalue weighted by molar-refractivity contribution is 7.22. The standard InChI is InChI=1S/C49H43NS/c1-4-5-6-20-36(2)35-46-43-30-15-16-33-47(43)51-49(46)45-32-19-31-44(48(45)41-28-13-7-21-37(41)3)42-29-14-12-27-40(42)26-11-10-24-38-22-8-9-23-39(38)25-17-18-34-50/h4-34H,1,35,50H2,2-3H3/b6-5-,24-10+,25-17-,26-11-,34-18+,36-20-. The van der Waals surface area contributed by atoms with Crippen LogP contribution in [-0.2, 0) is 6.42 Å². The first kappa shape index (κ1) is 34.9. The van der Waals surface area contributed by atoms with Crippen molar-refractivity contribution in [3.05, 3.63) is 210 Å². The largest absolute Gasteiger partial charge is 0.405 e. The van der Waals surface area contributed by atoms with Gasteiger partial charge in [0, 0.05) is 15.1 Å². The quantitative estimate of drug-likeness (QED) is 0.128. The second-order valence-corrected chi connectivity index (χ2v) is 13.5. The van der Waals surface area contributed by atoms with E-state index < -0.39 is 0 Å². The van der Waals surface area contributed by atoms with Crippen molar-refractivity contribution in [2.45, 2.75) is 20.3 Å². The van der Waals surface area contributed by atoms with E-state index in [-0.39, 0.29) is 0 Å². The normalized spacial score (nSPS) is 12.5. The van der Waals surface area contributed by atoms with Crippen molar-refractivity contribution >= 4 is 39.7 Å². The highest BCUT2D eigenvalue weighted by Crippen LogP contribution is 2.47. The van der Waals surface area contributed by atoms with Crippen LogP contribution in [0.15, 0.2) is 182 Å². The minimum Gasteiger partial charge on any atom is -0.405 e. The molecular weight excluding hydrogens is 635 g/mol. The van der Waals surface area contributed by atoms with Crippen molar-refractivity contribution in [3.8, 4) is 32.7 Å². The molecule has 0 saturated heterocycles. The zero-order chi connectivity index (χ0) is 35.4. The molecule has 0 aliphatic rings. The summed E-state index contributed by atoms with van der Waals surface area (Å²) >= 11 is 1.89. The van der Waals surface area contributed by atoms with E-state index in [9.17, 15) is 0 Å². The lowest BCUT2D eigenvalue weighted by Crippen LogP contribution is -1.95. The molecule has 1 nitrogen and oxygen atoms in total. The van der Waals surface area contributed by atoms with Crippen LogP contribution in [0, 0.1) is 6.92 Å². The van der Waals surface area contributed by atoms with Crippen LogP contribution in [0.1, 0.15) is 34.7 Å². The Bertz CT molecular complexity index is 2340. The Kier molecular flexibility index (Phi) is 11.7. The fourth-order valence-electron chi connectivity index (χ4n) is 6.48. The maximum atomic E-state index is 5.52. The van der Waals surface area contributed by atoms with Gasteiger partial charge < -0.3 is 5.73 Å². The summed E-state index contributed by atoms with van der Waals surface area (Å²) in [7, 11) is 0. The van der Waals surface area contributed by atoms with Crippen LogP contribution in [0.3, 0.4) is 0 Å². The maximum Gasteiger partial charge on any atom is 0.0397 e. The molecule has 0 bridgehead atoms. The van der Waals surface area contributed by atoms with Crippen molar-refractivity contribution in [1.29, 1.82) is 0 Å². The number of hydrogen-bond acceptors (Lipinski definition) is 2. The lowest BCUT2D eigenvalue weighted by atomic mass is 9.85. The molecule has 0 fully saturated rings. The fourth-order valence-corrected chi connectivity index (χ4v) is 7.73. The Labute approximate surface area is 307 Å². The summed E-state index contributed by atoms with van der Waals surface area (Å²) in [5.74, 6) is 0. The summed E-state index contributed by atoms with van der Waals surface area (Å²) in [5.41, 5.74) is 19.1. The molecule has 6 rings (SSSR count). The van der Waals surface area contributed by atoms with Gasteiger partial charge in [0.2, 0.25) is 0 Å². The van der Waals surface area contributed by atoms with Crippen LogP contribution in [0.5, 0.6) is 0 Å². The van der Waals surface area contributed by atoms with Crippen molar-refractivity contribution in [1.82, 2.24) is 0 Å². The molecule has 250 valence electrons. The van der Waals surface area contributed by atoms with Crippen LogP contribution in [0.4, 0.5) is 0 Å². The molecule has 0 spiro atoms. The first-order valence-corrected chi connectivity index (χ1v) is 18.1. The van der Waals surface area contributed by atoms with Crippen molar-refractivity contribution in [2.24, 2.45) is 5.73 Å². The van der Waals surface area contributed by atoms with E-state index in [1.165, 1.54) is 65.0 Å². The molecule has 2 heteroatoms. The summed E-state index contributed by atoms with van der Waals surface area (Å²) in [6.45, 7) is 8.27. The summed E-state index contributed by atoms with van der Waals surface area (Å²) in [6, 6.07) is 41.5. The first-order chi connectivity index (χ1) is 25.1. The maximum absolute atomic E-state index is 5.52. The van der Waals surface area contributed by atoms with Crippen LogP contribution in [0.25, 0.3) is 61.0 Å². The lowest BCUT2D eigenvalue weighted by molar-refractivity contribution is 1.17. The SMILES string of the molecule is C=C/C=C\C=C(\C)Cc1c(-c2cccc(-c3ccccc3/C=C\C=C\c3ccccc3/C=C\C=C\N)c2-c2ccccc2C)sc2ccccc12. The van der Waals surface area contributed by atoms with Crippen LogP contribution in [-0.4, -0.2) is 0 Å². The molecule has 5 aromatic carbocycles. The van der Waals surface area contributed by atoms with Gasteiger partial charge in [0.05, 0.1) is 0 Å². The van der Waals surface area contributed by atoms with Crippen LogP contribution < -0.4 is 5.73 Å². The van der Waals surface area contributed by atoms with Gasteiger partial charge in [-0.05, 0) is 94.1 Å². The smallest absolute Gasteiger partial charge is 0.0397 e. The van der Waals surface area contributed by atoms with Gasteiger partial charge in [-0.3, -0.25) is 0 Å². The second-order valence-electron chi connectivity index (χ2n) is 12.4. The van der Waals surface area contributed by atoms with E-state index in [1.807, 2.05) is 35.6 Å². The molecular formula is C49H43NS.